The summed E-state index contributed by atoms with van der Waals surface area (Å²) in [6, 6.07) is 8.42. The maximum absolute atomic E-state index is 13.1. The summed E-state index contributed by atoms with van der Waals surface area (Å²) in [5.41, 5.74) is 2.32. The Morgan fingerprint density at radius 2 is 2.08 bits per heavy atom. The molecule has 0 spiro atoms. The standard InChI is InChI=1S/C19H24N4OS/c1-4-22-17(14-9-10-14)20-21-19(22)25-13(3)18(24)23-12(2)11-15-7-5-6-8-16(15)23/h5-8,12-14H,4,9-11H2,1-3H3/t12-,13+/m0/s1. The number of hydrogen-bond acceptors (Lipinski definition) is 4. The smallest absolute Gasteiger partial charge is 0.240 e. The minimum Gasteiger partial charge on any atom is -0.308 e. The minimum absolute atomic E-state index is 0.154. The van der Waals surface area contributed by atoms with Gasteiger partial charge in [-0.05, 0) is 51.7 Å². The molecule has 0 unspecified atom stereocenters. The predicted molar refractivity (Wildman–Crippen MR) is 100 cm³/mol. The Labute approximate surface area is 152 Å². The lowest BCUT2D eigenvalue weighted by Crippen LogP contribution is -2.40. The number of para-hydroxylation sites is 1. The van der Waals surface area contributed by atoms with Gasteiger partial charge in [0.1, 0.15) is 5.82 Å². The van der Waals surface area contributed by atoms with Crippen molar-refractivity contribution in [1.82, 2.24) is 14.8 Å². The Morgan fingerprint density at radius 1 is 1.32 bits per heavy atom. The molecule has 2 atom stereocenters. The van der Waals surface area contributed by atoms with Crippen molar-refractivity contribution in [2.45, 2.75) is 68.9 Å². The first kappa shape index (κ1) is 16.6. The lowest BCUT2D eigenvalue weighted by molar-refractivity contribution is -0.118. The van der Waals surface area contributed by atoms with Gasteiger partial charge in [0.2, 0.25) is 5.91 Å². The van der Waals surface area contributed by atoms with Gasteiger partial charge in [0, 0.05) is 24.2 Å². The van der Waals surface area contributed by atoms with Gasteiger partial charge in [-0.3, -0.25) is 4.79 Å². The molecule has 1 aliphatic heterocycles. The quantitative estimate of drug-likeness (QED) is 0.768. The highest BCUT2D eigenvalue weighted by Gasteiger charge is 2.35. The Balaban J connectivity index is 1.53. The molecule has 0 saturated heterocycles. The Kier molecular flexibility index (Phi) is 4.31. The topological polar surface area (TPSA) is 51.0 Å². The van der Waals surface area contributed by atoms with Gasteiger partial charge in [0.05, 0.1) is 5.25 Å². The van der Waals surface area contributed by atoms with Gasteiger partial charge in [0.15, 0.2) is 5.16 Å². The molecule has 2 aromatic rings. The van der Waals surface area contributed by atoms with Crippen LogP contribution in [0.15, 0.2) is 29.4 Å². The van der Waals surface area contributed by atoms with Crippen molar-refractivity contribution in [2.75, 3.05) is 4.90 Å². The number of hydrogen-bond donors (Lipinski definition) is 0. The van der Waals surface area contributed by atoms with E-state index in [1.165, 1.54) is 30.2 Å². The molecule has 1 amide bonds. The summed E-state index contributed by atoms with van der Waals surface area (Å²) in [5, 5.41) is 9.42. The molecule has 4 rings (SSSR count). The van der Waals surface area contributed by atoms with E-state index in [1.54, 1.807) is 0 Å². The summed E-state index contributed by atoms with van der Waals surface area (Å²) < 4.78 is 2.17. The molecular weight excluding hydrogens is 332 g/mol. The highest BCUT2D eigenvalue weighted by molar-refractivity contribution is 8.00. The molecule has 2 aliphatic rings. The molecule has 0 N–H and O–H groups in total. The second kappa shape index (κ2) is 6.48. The van der Waals surface area contributed by atoms with Crippen molar-refractivity contribution < 1.29 is 4.79 Å². The van der Waals surface area contributed by atoms with Crippen LogP contribution in [-0.2, 0) is 17.8 Å². The first-order valence-electron chi connectivity index (χ1n) is 9.10. The fraction of sp³-hybridized carbons (Fsp3) is 0.526. The molecule has 25 heavy (non-hydrogen) atoms. The summed E-state index contributed by atoms with van der Waals surface area (Å²) >= 11 is 1.53. The van der Waals surface area contributed by atoms with Gasteiger partial charge >= 0.3 is 0 Å². The lowest BCUT2D eigenvalue weighted by atomic mass is 10.1. The zero-order valence-corrected chi connectivity index (χ0v) is 15.8. The molecule has 1 saturated carbocycles. The molecular formula is C19H24N4OS. The van der Waals surface area contributed by atoms with Crippen molar-refractivity contribution in [3.8, 4) is 0 Å². The molecule has 132 valence electrons. The molecule has 1 fully saturated rings. The van der Waals surface area contributed by atoms with E-state index in [0.717, 1.165) is 29.6 Å². The molecule has 1 aromatic heterocycles. The van der Waals surface area contributed by atoms with Crippen LogP contribution in [0.1, 0.15) is 50.9 Å². The molecule has 1 aromatic carbocycles. The van der Waals surface area contributed by atoms with E-state index in [1.807, 2.05) is 30.0 Å². The van der Waals surface area contributed by atoms with Crippen LogP contribution in [0.2, 0.25) is 0 Å². The van der Waals surface area contributed by atoms with E-state index in [4.69, 9.17) is 0 Å². The van der Waals surface area contributed by atoms with Crippen LogP contribution in [0.25, 0.3) is 0 Å². The predicted octanol–water partition coefficient (Wildman–Crippen LogP) is 3.63. The van der Waals surface area contributed by atoms with Gasteiger partial charge in [0.25, 0.3) is 0 Å². The summed E-state index contributed by atoms with van der Waals surface area (Å²) in [6.45, 7) is 7.07. The second-order valence-electron chi connectivity index (χ2n) is 7.01. The highest BCUT2D eigenvalue weighted by atomic mass is 32.2. The van der Waals surface area contributed by atoms with Crippen LogP contribution in [0.4, 0.5) is 5.69 Å². The van der Waals surface area contributed by atoms with Crippen LogP contribution in [0, 0.1) is 0 Å². The summed E-state index contributed by atoms with van der Waals surface area (Å²) in [5.74, 6) is 1.81. The van der Waals surface area contributed by atoms with Crippen LogP contribution < -0.4 is 4.90 Å². The Hall–Kier alpha value is -1.82. The molecule has 1 aliphatic carbocycles. The van der Waals surface area contributed by atoms with Crippen LogP contribution >= 0.6 is 11.8 Å². The first-order chi connectivity index (χ1) is 12.1. The number of rotatable bonds is 5. The number of carbonyl (C=O) groups is 1. The zero-order chi connectivity index (χ0) is 17.6. The first-order valence-corrected chi connectivity index (χ1v) is 9.98. The monoisotopic (exact) mass is 356 g/mol. The Morgan fingerprint density at radius 3 is 2.80 bits per heavy atom. The van der Waals surface area contributed by atoms with Gasteiger partial charge < -0.3 is 9.47 Å². The van der Waals surface area contributed by atoms with Crippen molar-refractivity contribution in [3.05, 3.63) is 35.7 Å². The largest absolute Gasteiger partial charge is 0.308 e. The number of aromatic nitrogens is 3. The average Bonchev–Trinajstić information content (AvgIpc) is 3.28. The number of amides is 1. The number of nitrogens with zero attached hydrogens (tertiary/aromatic N) is 4. The van der Waals surface area contributed by atoms with Gasteiger partial charge in [-0.1, -0.05) is 30.0 Å². The van der Waals surface area contributed by atoms with Gasteiger partial charge in [-0.15, -0.1) is 10.2 Å². The van der Waals surface area contributed by atoms with Crippen molar-refractivity contribution in [3.63, 3.8) is 0 Å². The molecule has 0 bridgehead atoms. The molecule has 2 heterocycles. The zero-order valence-electron chi connectivity index (χ0n) is 15.0. The summed E-state index contributed by atoms with van der Waals surface area (Å²) in [6.07, 6.45) is 3.34. The van der Waals surface area contributed by atoms with E-state index in [9.17, 15) is 4.79 Å². The highest BCUT2D eigenvalue weighted by Crippen LogP contribution is 2.40. The fourth-order valence-electron chi connectivity index (χ4n) is 3.63. The lowest BCUT2D eigenvalue weighted by Gasteiger charge is -2.25. The number of carbonyl (C=O) groups excluding carboxylic acids is 1. The number of fused-ring (bicyclic) bond motifs is 1. The number of benzene rings is 1. The number of thioether (sulfide) groups is 1. The summed E-state index contributed by atoms with van der Waals surface area (Å²) in [7, 11) is 0. The Bertz CT molecular complexity index is 798. The van der Waals surface area contributed by atoms with E-state index < -0.39 is 0 Å². The third kappa shape index (κ3) is 2.97. The average molecular weight is 356 g/mol. The van der Waals surface area contributed by atoms with Crippen LogP contribution in [0.3, 0.4) is 0 Å². The SMILES string of the molecule is CCn1c(S[C@H](C)C(=O)N2c3ccccc3C[C@@H]2C)nnc1C1CC1. The summed E-state index contributed by atoms with van der Waals surface area (Å²) in [4.78, 5) is 15.1. The van der Waals surface area contributed by atoms with E-state index in [-0.39, 0.29) is 17.2 Å². The third-order valence-corrected chi connectivity index (χ3v) is 6.15. The van der Waals surface area contributed by atoms with Crippen molar-refractivity contribution in [1.29, 1.82) is 0 Å². The maximum atomic E-state index is 13.1. The van der Waals surface area contributed by atoms with Gasteiger partial charge in [-0.25, -0.2) is 0 Å². The third-order valence-electron chi connectivity index (χ3n) is 5.08. The minimum atomic E-state index is -0.185. The molecule has 5 nitrogen and oxygen atoms in total. The fourth-order valence-corrected chi connectivity index (χ4v) is 4.60. The maximum Gasteiger partial charge on any atom is 0.240 e. The van der Waals surface area contributed by atoms with Crippen LogP contribution in [0.5, 0.6) is 0 Å². The van der Waals surface area contributed by atoms with Crippen LogP contribution in [-0.4, -0.2) is 32.0 Å². The van der Waals surface area contributed by atoms with E-state index in [0.29, 0.717) is 5.92 Å². The van der Waals surface area contributed by atoms with Crippen molar-refractivity contribution in [2.24, 2.45) is 0 Å². The van der Waals surface area contributed by atoms with E-state index >= 15 is 0 Å². The van der Waals surface area contributed by atoms with Crippen molar-refractivity contribution >= 4 is 23.4 Å². The van der Waals surface area contributed by atoms with E-state index in [2.05, 4.69) is 34.7 Å². The normalized spacial score (nSPS) is 20.6. The molecule has 0 radical (unpaired) electrons. The van der Waals surface area contributed by atoms with Gasteiger partial charge in [-0.2, -0.15) is 0 Å². The second-order valence-corrected chi connectivity index (χ2v) is 8.32. The number of anilines is 1. The molecule has 6 heteroatoms.